The summed E-state index contributed by atoms with van der Waals surface area (Å²) in [6.07, 6.45) is 9.83. The molecule has 1 rings (SSSR count). The number of nitrogens with zero attached hydrogens (tertiary/aromatic N) is 1. The SMILES string of the molecule is CCCCCCCCN1CC=CS1=O.Cl. The van der Waals surface area contributed by atoms with Gasteiger partial charge in [0, 0.05) is 18.5 Å². The molecule has 0 aromatic rings. The van der Waals surface area contributed by atoms with E-state index in [1.165, 1.54) is 38.5 Å². The van der Waals surface area contributed by atoms with Crippen LogP contribution in [-0.4, -0.2) is 21.6 Å². The summed E-state index contributed by atoms with van der Waals surface area (Å²) in [5.74, 6) is 0. The molecule has 0 aliphatic carbocycles. The first-order valence-corrected chi connectivity index (χ1v) is 6.84. The molecular formula is C11H22ClNOS. The molecule has 0 aromatic carbocycles. The van der Waals surface area contributed by atoms with Crippen molar-refractivity contribution in [2.45, 2.75) is 45.4 Å². The number of halogens is 1. The van der Waals surface area contributed by atoms with Gasteiger partial charge in [0.2, 0.25) is 0 Å². The Kier molecular flexibility index (Phi) is 9.46. The molecule has 2 nitrogen and oxygen atoms in total. The minimum absolute atomic E-state index is 0. The van der Waals surface area contributed by atoms with Gasteiger partial charge in [0.1, 0.15) is 11.0 Å². The highest BCUT2D eigenvalue weighted by Gasteiger charge is 2.12. The van der Waals surface area contributed by atoms with Crippen LogP contribution in [0.25, 0.3) is 0 Å². The van der Waals surface area contributed by atoms with Crippen molar-refractivity contribution in [1.82, 2.24) is 4.31 Å². The van der Waals surface area contributed by atoms with E-state index in [0.29, 0.717) is 0 Å². The molecule has 0 spiro atoms. The lowest BCUT2D eigenvalue weighted by Crippen LogP contribution is -2.21. The fourth-order valence-electron chi connectivity index (χ4n) is 1.65. The first-order chi connectivity index (χ1) is 6.84. The second-order valence-electron chi connectivity index (χ2n) is 3.80. The third-order valence-electron chi connectivity index (χ3n) is 2.54. The quantitative estimate of drug-likeness (QED) is 0.636. The number of unbranched alkanes of at least 4 members (excludes halogenated alkanes) is 5. The molecule has 1 aliphatic rings. The zero-order valence-electron chi connectivity index (χ0n) is 9.48. The Morgan fingerprint density at radius 1 is 1.20 bits per heavy atom. The van der Waals surface area contributed by atoms with Crippen molar-refractivity contribution in [3.05, 3.63) is 11.5 Å². The Bertz CT molecular complexity index is 209. The molecule has 0 saturated heterocycles. The first-order valence-electron chi connectivity index (χ1n) is 5.67. The van der Waals surface area contributed by atoms with E-state index in [1.54, 1.807) is 5.41 Å². The van der Waals surface area contributed by atoms with E-state index in [4.69, 9.17) is 0 Å². The van der Waals surface area contributed by atoms with Gasteiger partial charge in [-0.2, -0.15) is 0 Å². The molecule has 1 atom stereocenters. The van der Waals surface area contributed by atoms with Gasteiger partial charge in [-0.3, -0.25) is 0 Å². The van der Waals surface area contributed by atoms with Crippen LogP contribution in [0.15, 0.2) is 11.5 Å². The normalized spacial score (nSPS) is 20.5. The van der Waals surface area contributed by atoms with Gasteiger partial charge in [0.25, 0.3) is 0 Å². The lowest BCUT2D eigenvalue weighted by molar-refractivity contribution is 0.466. The highest BCUT2D eigenvalue weighted by atomic mass is 35.5. The molecule has 0 N–H and O–H groups in total. The molecule has 0 aromatic heterocycles. The van der Waals surface area contributed by atoms with E-state index in [-0.39, 0.29) is 12.4 Å². The molecule has 1 heterocycles. The number of hydrogen-bond acceptors (Lipinski definition) is 1. The van der Waals surface area contributed by atoms with E-state index in [0.717, 1.165) is 13.1 Å². The Morgan fingerprint density at radius 3 is 2.47 bits per heavy atom. The van der Waals surface area contributed by atoms with E-state index in [1.807, 2.05) is 10.4 Å². The summed E-state index contributed by atoms with van der Waals surface area (Å²) >= 11 is 0. The van der Waals surface area contributed by atoms with Crippen LogP contribution in [0, 0.1) is 0 Å². The van der Waals surface area contributed by atoms with Gasteiger partial charge in [0.05, 0.1) is 0 Å². The van der Waals surface area contributed by atoms with Gasteiger partial charge in [-0.05, 0) is 6.42 Å². The summed E-state index contributed by atoms with van der Waals surface area (Å²) in [6, 6.07) is 0. The maximum absolute atomic E-state index is 11.3. The molecule has 0 radical (unpaired) electrons. The fraction of sp³-hybridized carbons (Fsp3) is 0.818. The monoisotopic (exact) mass is 251 g/mol. The van der Waals surface area contributed by atoms with Crippen molar-refractivity contribution in [2.75, 3.05) is 13.1 Å². The van der Waals surface area contributed by atoms with E-state index in [9.17, 15) is 4.21 Å². The predicted octanol–water partition coefficient (Wildman–Crippen LogP) is 3.26. The molecule has 15 heavy (non-hydrogen) atoms. The van der Waals surface area contributed by atoms with Gasteiger partial charge in [0.15, 0.2) is 0 Å². The number of rotatable bonds is 7. The zero-order valence-corrected chi connectivity index (χ0v) is 11.1. The molecule has 1 aliphatic heterocycles. The van der Waals surface area contributed by atoms with Crippen LogP contribution in [0.2, 0.25) is 0 Å². The van der Waals surface area contributed by atoms with Gasteiger partial charge in [-0.25, -0.2) is 8.51 Å². The molecule has 1 unspecified atom stereocenters. The summed E-state index contributed by atoms with van der Waals surface area (Å²) in [4.78, 5) is 0. The molecule has 0 fully saturated rings. The highest BCUT2D eigenvalue weighted by Crippen LogP contribution is 2.10. The van der Waals surface area contributed by atoms with Crippen molar-refractivity contribution in [3.63, 3.8) is 0 Å². The summed E-state index contributed by atoms with van der Waals surface area (Å²) < 4.78 is 13.3. The van der Waals surface area contributed by atoms with Crippen LogP contribution < -0.4 is 0 Å². The predicted molar refractivity (Wildman–Crippen MR) is 69.5 cm³/mol. The van der Waals surface area contributed by atoms with Crippen LogP contribution in [0.3, 0.4) is 0 Å². The summed E-state index contributed by atoms with van der Waals surface area (Å²) in [6.45, 7) is 4.10. The van der Waals surface area contributed by atoms with Crippen LogP contribution in [-0.2, 0) is 11.0 Å². The summed E-state index contributed by atoms with van der Waals surface area (Å²) in [5, 5.41) is 1.79. The third kappa shape index (κ3) is 6.33. The fourth-order valence-corrected chi connectivity index (χ4v) is 2.62. The van der Waals surface area contributed by atoms with E-state index >= 15 is 0 Å². The standard InChI is InChI=1S/C11H21NOS.ClH/c1-2-3-4-5-6-7-9-12-10-8-11-14(12)13;/h8,11H,2-7,9-10H2,1H3;1H. The lowest BCUT2D eigenvalue weighted by atomic mass is 10.1. The maximum atomic E-state index is 11.3. The Morgan fingerprint density at radius 2 is 1.87 bits per heavy atom. The maximum Gasteiger partial charge on any atom is 0.120 e. The van der Waals surface area contributed by atoms with Crippen LogP contribution >= 0.6 is 12.4 Å². The van der Waals surface area contributed by atoms with Crippen molar-refractivity contribution in [2.24, 2.45) is 0 Å². The Labute approximate surface area is 102 Å². The van der Waals surface area contributed by atoms with Crippen LogP contribution in [0.1, 0.15) is 45.4 Å². The molecule has 4 heteroatoms. The zero-order chi connectivity index (χ0) is 10.2. The third-order valence-corrected chi connectivity index (χ3v) is 3.80. The van der Waals surface area contributed by atoms with Gasteiger partial charge in [-0.1, -0.05) is 45.1 Å². The van der Waals surface area contributed by atoms with Gasteiger partial charge in [-0.15, -0.1) is 12.4 Å². The van der Waals surface area contributed by atoms with Crippen molar-refractivity contribution in [1.29, 1.82) is 0 Å². The molecule has 0 saturated carbocycles. The van der Waals surface area contributed by atoms with Crippen molar-refractivity contribution in [3.8, 4) is 0 Å². The van der Waals surface area contributed by atoms with Crippen LogP contribution in [0.4, 0.5) is 0 Å². The molecule has 0 amide bonds. The summed E-state index contributed by atoms with van der Waals surface area (Å²) in [7, 11) is -0.817. The van der Waals surface area contributed by atoms with E-state index < -0.39 is 11.0 Å². The van der Waals surface area contributed by atoms with Gasteiger partial charge < -0.3 is 0 Å². The molecule has 90 valence electrons. The lowest BCUT2D eigenvalue weighted by Gasteiger charge is -2.12. The first kappa shape index (κ1) is 15.1. The highest BCUT2D eigenvalue weighted by molar-refractivity contribution is 7.85. The van der Waals surface area contributed by atoms with E-state index in [2.05, 4.69) is 6.92 Å². The minimum atomic E-state index is -0.817. The Balaban J connectivity index is 0.00000196. The molecule has 0 bridgehead atoms. The minimum Gasteiger partial charge on any atom is -0.238 e. The largest absolute Gasteiger partial charge is 0.238 e. The summed E-state index contributed by atoms with van der Waals surface area (Å²) in [5.41, 5.74) is 0. The van der Waals surface area contributed by atoms with Crippen molar-refractivity contribution >= 4 is 23.4 Å². The average molecular weight is 252 g/mol. The number of hydrogen-bond donors (Lipinski definition) is 0. The topological polar surface area (TPSA) is 20.3 Å². The van der Waals surface area contributed by atoms with Crippen LogP contribution in [0.5, 0.6) is 0 Å². The Hall–Kier alpha value is 0.140. The molecular weight excluding hydrogens is 230 g/mol. The second kappa shape index (κ2) is 9.37. The van der Waals surface area contributed by atoms with Crippen molar-refractivity contribution < 1.29 is 4.21 Å². The van der Waals surface area contributed by atoms with Gasteiger partial charge >= 0.3 is 0 Å². The average Bonchev–Trinajstić information content (AvgIpc) is 2.58. The second-order valence-corrected chi connectivity index (χ2v) is 5.14. The smallest absolute Gasteiger partial charge is 0.120 e.